The van der Waals surface area contributed by atoms with Crippen LogP contribution in [0.4, 0.5) is 0 Å². The number of primary amides is 1. The van der Waals surface area contributed by atoms with E-state index in [4.69, 9.17) is 20.9 Å². The number of ether oxygens (including phenoxy) is 2. The predicted octanol–water partition coefficient (Wildman–Crippen LogP) is 0.411. The van der Waals surface area contributed by atoms with Crippen LogP contribution in [0.1, 0.15) is 34.1 Å². The van der Waals surface area contributed by atoms with Gasteiger partial charge in [-0.1, -0.05) is 0 Å². The summed E-state index contributed by atoms with van der Waals surface area (Å²) in [4.78, 5) is 10.9. The van der Waals surface area contributed by atoms with Gasteiger partial charge in [0.05, 0.1) is 24.4 Å². The highest BCUT2D eigenvalue weighted by Gasteiger charge is 2.24. The van der Waals surface area contributed by atoms with E-state index in [0.29, 0.717) is 26.2 Å². The van der Waals surface area contributed by atoms with Crippen molar-refractivity contribution >= 4 is 5.91 Å². The van der Waals surface area contributed by atoms with Crippen molar-refractivity contribution in [1.29, 1.82) is 0 Å². The number of carbonyl (C=O) groups excluding carboxylic acids is 1. The number of hydrogen-bond acceptors (Lipinski definition) is 4. The van der Waals surface area contributed by atoms with E-state index >= 15 is 0 Å². The van der Waals surface area contributed by atoms with Gasteiger partial charge in [-0.15, -0.1) is 0 Å². The van der Waals surface area contributed by atoms with Crippen LogP contribution in [0.15, 0.2) is 0 Å². The van der Waals surface area contributed by atoms with Crippen molar-refractivity contribution in [2.75, 3.05) is 19.8 Å². The number of rotatable bonds is 7. The molecule has 1 unspecified atom stereocenters. The molecule has 5 heteroatoms. The van der Waals surface area contributed by atoms with Gasteiger partial charge < -0.3 is 20.9 Å². The quantitative estimate of drug-likeness (QED) is 0.622. The van der Waals surface area contributed by atoms with Crippen LogP contribution in [0.2, 0.25) is 0 Å². The van der Waals surface area contributed by atoms with Crippen LogP contribution in [0.3, 0.4) is 0 Å². The minimum Gasteiger partial charge on any atom is -0.379 e. The van der Waals surface area contributed by atoms with E-state index in [-0.39, 0.29) is 5.60 Å². The molecule has 0 heterocycles. The second kappa shape index (κ2) is 6.18. The highest BCUT2D eigenvalue weighted by atomic mass is 16.5. The summed E-state index contributed by atoms with van der Waals surface area (Å²) in [5.41, 5.74) is 9.63. The molecule has 0 saturated carbocycles. The lowest BCUT2D eigenvalue weighted by Gasteiger charge is -2.21. The molecule has 1 amide bonds. The van der Waals surface area contributed by atoms with Gasteiger partial charge in [-0.2, -0.15) is 0 Å². The zero-order valence-corrected chi connectivity index (χ0v) is 10.7. The Morgan fingerprint density at radius 2 is 1.69 bits per heavy atom. The number of carbonyl (C=O) groups is 1. The van der Waals surface area contributed by atoms with Gasteiger partial charge in [-0.05, 0) is 34.1 Å². The molecule has 0 aliphatic rings. The average Bonchev–Trinajstić information content (AvgIpc) is 2.09. The summed E-state index contributed by atoms with van der Waals surface area (Å²) in [6, 6.07) is 0. The van der Waals surface area contributed by atoms with Crippen LogP contribution in [-0.2, 0) is 14.3 Å². The zero-order chi connectivity index (χ0) is 12.8. The summed E-state index contributed by atoms with van der Waals surface area (Å²) in [5, 5.41) is 0. The predicted molar refractivity (Wildman–Crippen MR) is 62.9 cm³/mol. The first kappa shape index (κ1) is 15.3. The largest absolute Gasteiger partial charge is 0.379 e. The normalized spacial score (nSPS) is 15.8. The van der Waals surface area contributed by atoms with Gasteiger partial charge in [0.25, 0.3) is 0 Å². The molecule has 0 saturated heterocycles. The van der Waals surface area contributed by atoms with E-state index in [1.165, 1.54) is 0 Å². The van der Waals surface area contributed by atoms with Crippen LogP contribution in [0.25, 0.3) is 0 Å². The van der Waals surface area contributed by atoms with Crippen LogP contribution in [-0.4, -0.2) is 36.9 Å². The first-order valence-corrected chi connectivity index (χ1v) is 5.46. The molecule has 5 nitrogen and oxygen atoms in total. The Morgan fingerprint density at radius 3 is 2.12 bits per heavy atom. The average molecular weight is 232 g/mol. The molecular formula is C11H24N2O3. The molecule has 0 aliphatic carbocycles. The lowest BCUT2D eigenvalue weighted by molar-refractivity contribution is -0.123. The van der Waals surface area contributed by atoms with Gasteiger partial charge in [0.2, 0.25) is 5.91 Å². The van der Waals surface area contributed by atoms with Gasteiger partial charge in [-0.25, -0.2) is 0 Å². The molecule has 0 aliphatic heterocycles. The van der Waals surface area contributed by atoms with E-state index in [2.05, 4.69) is 0 Å². The highest BCUT2D eigenvalue weighted by Crippen LogP contribution is 2.07. The standard InChI is InChI=1S/C11H24N2O3/c1-10(2,3)16-8-7-15-6-5-11(4,13)9(12)14/h5-8,13H2,1-4H3,(H2,12,14). The highest BCUT2D eigenvalue weighted by molar-refractivity contribution is 5.83. The molecule has 0 radical (unpaired) electrons. The van der Waals surface area contributed by atoms with E-state index in [1.54, 1.807) is 6.92 Å². The summed E-state index contributed by atoms with van der Waals surface area (Å²) in [6.07, 6.45) is 0.415. The molecule has 0 fully saturated rings. The Hall–Kier alpha value is -0.650. The van der Waals surface area contributed by atoms with Gasteiger partial charge in [0, 0.05) is 6.61 Å². The fourth-order valence-corrected chi connectivity index (χ4v) is 0.916. The summed E-state index contributed by atoms with van der Waals surface area (Å²) in [5.74, 6) is -0.512. The monoisotopic (exact) mass is 232 g/mol. The van der Waals surface area contributed by atoms with Gasteiger partial charge >= 0.3 is 0 Å². The summed E-state index contributed by atoms with van der Waals surface area (Å²) < 4.78 is 10.8. The Morgan fingerprint density at radius 1 is 1.12 bits per heavy atom. The molecule has 4 N–H and O–H groups in total. The SMILES string of the molecule is CC(C)(C)OCCOCCC(C)(N)C(N)=O. The third-order valence-corrected chi connectivity index (χ3v) is 2.09. The Bertz CT molecular complexity index is 222. The van der Waals surface area contributed by atoms with Crippen LogP contribution in [0, 0.1) is 0 Å². The Balaban J connectivity index is 3.52. The number of hydrogen-bond donors (Lipinski definition) is 2. The zero-order valence-electron chi connectivity index (χ0n) is 10.7. The first-order chi connectivity index (χ1) is 7.15. The lowest BCUT2D eigenvalue weighted by Crippen LogP contribution is -2.50. The van der Waals surface area contributed by atoms with E-state index in [0.717, 1.165) is 0 Å². The van der Waals surface area contributed by atoms with Crippen molar-refractivity contribution in [3.8, 4) is 0 Å². The van der Waals surface area contributed by atoms with Crippen LogP contribution < -0.4 is 11.5 Å². The molecule has 1 atom stereocenters. The molecule has 0 aromatic rings. The second-order valence-electron chi connectivity index (χ2n) is 5.10. The van der Waals surface area contributed by atoms with Crippen LogP contribution in [0.5, 0.6) is 0 Å². The summed E-state index contributed by atoms with van der Waals surface area (Å²) in [6.45, 7) is 8.98. The molecule has 0 aromatic carbocycles. The summed E-state index contributed by atoms with van der Waals surface area (Å²) >= 11 is 0. The van der Waals surface area contributed by atoms with Crippen molar-refractivity contribution in [2.45, 2.75) is 45.3 Å². The maximum atomic E-state index is 10.9. The smallest absolute Gasteiger partial charge is 0.237 e. The molecule has 96 valence electrons. The topological polar surface area (TPSA) is 87.6 Å². The van der Waals surface area contributed by atoms with Crippen LogP contribution >= 0.6 is 0 Å². The van der Waals surface area contributed by atoms with Crippen molar-refractivity contribution in [3.63, 3.8) is 0 Å². The fraction of sp³-hybridized carbons (Fsp3) is 0.909. The molecule has 0 aromatic heterocycles. The molecule has 0 spiro atoms. The third kappa shape index (κ3) is 7.62. The second-order valence-corrected chi connectivity index (χ2v) is 5.10. The van der Waals surface area contributed by atoms with Crippen molar-refractivity contribution < 1.29 is 14.3 Å². The van der Waals surface area contributed by atoms with E-state index < -0.39 is 11.4 Å². The Kier molecular flexibility index (Phi) is 5.92. The Labute approximate surface area is 97.5 Å². The first-order valence-electron chi connectivity index (χ1n) is 5.46. The third-order valence-electron chi connectivity index (χ3n) is 2.09. The molecule has 0 bridgehead atoms. The molecule has 16 heavy (non-hydrogen) atoms. The van der Waals surface area contributed by atoms with Gasteiger partial charge in [0.15, 0.2) is 0 Å². The minimum atomic E-state index is -0.995. The molecular weight excluding hydrogens is 208 g/mol. The van der Waals surface area contributed by atoms with Gasteiger partial charge in [0.1, 0.15) is 0 Å². The van der Waals surface area contributed by atoms with Crippen molar-refractivity contribution in [1.82, 2.24) is 0 Å². The maximum absolute atomic E-state index is 10.9. The van der Waals surface area contributed by atoms with Crippen molar-refractivity contribution in [3.05, 3.63) is 0 Å². The summed E-state index contributed by atoms with van der Waals surface area (Å²) in [7, 11) is 0. The van der Waals surface area contributed by atoms with Gasteiger partial charge in [-0.3, -0.25) is 4.79 Å². The van der Waals surface area contributed by atoms with E-state index in [1.807, 2.05) is 20.8 Å². The number of amides is 1. The van der Waals surface area contributed by atoms with E-state index in [9.17, 15) is 4.79 Å². The minimum absolute atomic E-state index is 0.154. The fourth-order valence-electron chi connectivity index (χ4n) is 0.916. The van der Waals surface area contributed by atoms with Crippen molar-refractivity contribution in [2.24, 2.45) is 11.5 Å². The lowest BCUT2D eigenvalue weighted by atomic mass is 9.99. The molecule has 0 rings (SSSR count). The maximum Gasteiger partial charge on any atom is 0.237 e. The number of nitrogens with two attached hydrogens (primary N) is 2.